The van der Waals surface area contributed by atoms with Crippen LogP contribution in [0.2, 0.25) is 0 Å². The number of aliphatic hydroxyl groups is 1. The van der Waals surface area contributed by atoms with Crippen molar-refractivity contribution in [1.82, 2.24) is 93.0 Å². The summed E-state index contributed by atoms with van der Waals surface area (Å²) in [7, 11) is 5.43. The number of primary amides is 2. The molecule has 43 nitrogen and oxygen atoms in total. The number of phenolic OH excluding ortho intramolecular Hbond substituents is 1. The van der Waals surface area contributed by atoms with Gasteiger partial charge < -0.3 is 131 Å². The third kappa shape index (κ3) is 29.8. The number of aromatic hydroxyl groups is 1. The van der Waals surface area contributed by atoms with E-state index < -0.39 is 229 Å². The van der Waals surface area contributed by atoms with E-state index in [9.17, 15) is 53.4 Å². The molecule has 0 spiro atoms. The predicted molar refractivity (Wildman–Crippen MR) is 517 cm³/mol. The fourth-order valence-corrected chi connectivity index (χ4v) is 18.1. The predicted octanol–water partition coefficient (Wildman–Crippen LogP) is -1.23. The van der Waals surface area contributed by atoms with Crippen molar-refractivity contribution in [2.45, 2.75) is 228 Å². The first-order valence-electron chi connectivity index (χ1n) is 46.8. The first-order chi connectivity index (χ1) is 66.3. The molecule has 44 heteroatoms. The van der Waals surface area contributed by atoms with E-state index in [1.165, 1.54) is 64.3 Å². The maximum Gasteiger partial charge on any atom is 0.246 e. The Morgan fingerprint density at radius 3 is 1.69 bits per heavy atom. The number of nitrogens with two attached hydrogens (primary N) is 4. The van der Waals surface area contributed by atoms with Crippen LogP contribution >= 0.6 is 11.8 Å². The number of thioether (sulfide) groups is 1. The number of benzene rings is 4. The minimum Gasteiger partial charge on any atom is -0.508 e. The standard InChI is InChI=1S/C95H133N23O20S/c1-10-12-26-73-87(130)106-64(25-18-38-101-95(99)100)83(126)113-72(82(125)103-48-78(98)122)50-139-51-79(123)104-67(42-54-30-34-57(120)35-31-54)90(133)114(6)53(5)81(124)108-69(45-77(97)121)93(136)118-40-20-29-75(118)89(132)111-70(46-96)85(128)109-66(41-52(3)4)92(135)117-39-19-28-74(117)88(131)107-65(43-56-47-102-62-23-16-14-21-59(56)62)84(127)112-71(49-119)86(129)110-68(91(134)116(8)76(27-13-11-2)94(137)115(73)7)44-61-60-22-15-17-24-63(60)105-80(61)55-32-36-58(138-9)37-33-55/h14-17,21-24,30-37,47,52-53,64-76,102,105,119-120H,10-13,18-20,25-29,38-46,48-51,96H2,1-9H3,(H2,97,121)(H2,98,122)(H,103,125)(H,104,123)(H,106,130)(H,107,131)(H,108,124)(H,109,128)(H,110,129)(H,111,132)(H,112,127)(H,113,126)(H4,99,100,101)/t53-,64-,65-,66-,67-,68-,69-,70-,71-,72-,73-,74-,75-,76-/m0/s1. The van der Waals surface area contributed by atoms with Gasteiger partial charge in [0.2, 0.25) is 100 Å². The van der Waals surface area contributed by atoms with Crippen LogP contribution in [0.25, 0.3) is 33.1 Å². The number of hydrogen-bond acceptors (Lipinski definition) is 23. The van der Waals surface area contributed by atoms with E-state index in [0.717, 1.165) is 31.4 Å². The van der Waals surface area contributed by atoms with Crippen LogP contribution in [0, 0.1) is 11.3 Å². The lowest BCUT2D eigenvalue weighted by molar-refractivity contribution is -0.149. The van der Waals surface area contributed by atoms with Crippen molar-refractivity contribution in [1.29, 1.82) is 5.41 Å². The molecule has 0 radical (unpaired) electrons. The van der Waals surface area contributed by atoms with Gasteiger partial charge in [-0.25, -0.2) is 0 Å². The number of aliphatic hydroxyl groups excluding tert-OH is 1. The normalized spacial score (nSPS) is 23.8. The molecule has 3 aliphatic heterocycles. The molecule has 17 amide bonds. The van der Waals surface area contributed by atoms with Crippen molar-refractivity contribution < 1.29 is 96.5 Å². The number of aromatic amines is 2. The highest BCUT2D eigenvalue weighted by atomic mass is 32.2. The van der Waals surface area contributed by atoms with Gasteiger partial charge in [0, 0.05) is 106 Å². The Morgan fingerprint density at radius 1 is 0.547 bits per heavy atom. The van der Waals surface area contributed by atoms with Crippen molar-refractivity contribution in [3.8, 4) is 22.8 Å². The van der Waals surface area contributed by atoms with E-state index in [2.05, 4.69) is 68.5 Å². The Bertz CT molecular complexity index is 5390. The number of rotatable bonds is 27. The fraction of sp³-hybridized carbons (Fsp3) is 0.516. The zero-order valence-corrected chi connectivity index (χ0v) is 80.7. The first kappa shape index (κ1) is 109. The number of carbonyl (C=O) groups excluding carboxylic acids is 17. The molecule has 5 heterocycles. The number of hydrogen-bond donors (Lipinski definition) is 20. The molecule has 0 saturated carbocycles. The van der Waals surface area contributed by atoms with E-state index in [1.54, 1.807) is 86.8 Å². The van der Waals surface area contributed by atoms with Crippen molar-refractivity contribution in [2.75, 3.05) is 79.1 Å². The highest BCUT2D eigenvalue weighted by Crippen LogP contribution is 2.34. The molecule has 0 bridgehead atoms. The topological polar surface area (TPSA) is 648 Å². The monoisotopic (exact) mass is 1950 g/mol. The largest absolute Gasteiger partial charge is 0.508 e. The number of phenols is 1. The number of aromatic nitrogens is 2. The second-order valence-electron chi connectivity index (χ2n) is 35.6. The van der Waals surface area contributed by atoms with Crippen LogP contribution in [0.4, 0.5) is 0 Å². The van der Waals surface area contributed by atoms with Gasteiger partial charge in [0.05, 0.1) is 32.4 Å². The van der Waals surface area contributed by atoms with Crippen LogP contribution in [0.5, 0.6) is 11.5 Å². The van der Waals surface area contributed by atoms with Crippen molar-refractivity contribution >= 4 is 140 Å². The number of unbranched alkanes of at least 4 members (excludes halogenated alkanes) is 2. The van der Waals surface area contributed by atoms with Crippen LogP contribution in [-0.2, 0) is 101 Å². The zero-order chi connectivity index (χ0) is 102. The van der Waals surface area contributed by atoms with E-state index in [4.69, 9.17) is 33.1 Å². The van der Waals surface area contributed by atoms with E-state index in [-0.39, 0.29) is 108 Å². The number of amides is 17. The average molecular weight is 1950 g/mol. The molecule has 3 saturated heterocycles. The Labute approximate surface area is 809 Å². The van der Waals surface area contributed by atoms with Gasteiger partial charge in [-0.3, -0.25) is 86.9 Å². The van der Waals surface area contributed by atoms with Gasteiger partial charge in [0.25, 0.3) is 0 Å². The number of nitrogens with zero attached hydrogens (tertiary/aromatic N) is 5. The Balaban J connectivity index is 1.12. The van der Waals surface area contributed by atoms with Crippen molar-refractivity contribution in [3.63, 3.8) is 0 Å². The average Bonchev–Trinajstić information content (AvgIpc) is 1.65. The molecule has 0 unspecified atom stereocenters. The number of methoxy groups -OCH3 is 1. The van der Waals surface area contributed by atoms with Gasteiger partial charge >= 0.3 is 0 Å². The van der Waals surface area contributed by atoms with E-state index >= 15 is 38.4 Å². The van der Waals surface area contributed by atoms with Gasteiger partial charge in [-0.2, -0.15) is 0 Å². The van der Waals surface area contributed by atoms with Crippen LogP contribution in [0.1, 0.15) is 141 Å². The summed E-state index contributed by atoms with van der Waals surface area (Å²) in [5.41, 5.74) is 26.9. The summed E-state index contributed by atoms with van der Waals surface area (Å²) in [6.07, 6.45) is 1.78. The Morgan fingerprint density at radius 2 is 1.09 bits per heavy atom. The molecule has 3 fully saturated rings. The van der Waals surface area contributed by atoms with Gasteiger partial charge in [-0.05, 0) is 141 Å². The summed E-state index contributed by atoms with van der Waals surface area (Å²) in [5.74, 6) is -17.1. The summed E-state index contributed by atoms with van der Waals surface area (Å²) < 4.78 is 5.51. The molecule has 2 aromatic heterocycles. The SMILES string of the molecule is CCCC[C@H]1C(=O)N(C)[C@@H](CCCC)C(=O)N[C@@H](CCCNC(=N)N)C(=O)N[C@H](C(=O)NCC(N)=O)CSCC(=O)N[C@@H](Cc2ccc(O)cc2)C(=O)N(C)[C@@H](C)C(=O)N[C@@H](CC(N)=O)C(=O)N2CCC[C@H]2C(=O)N[C@@H](CN)C(=O)N[C@@H](CC(C)C)C(=O)N2CCC[C@H]2C(=O)N[C@@H](Cc2c[nH]c3ccccc23)C(=O)N[C@@H](CO)C(=O)N[C@@H](Cc2c(-c3ccc(OC)cc3)[nH]c3ccccc23)C(=O)N1C. The molecular weight excluding hydrogens is 1820 g/mol. The Hall–Kier alpha value is -13.9. The molecule has 754 valence electrons. The summed E-state index contributed by atoms with van der Waals surface area (Å²) in [6.45, 7) is 6.00. The molecule has 24 N–H and O–H groups in total. The maximum atomic E-state index is 16.2. The maximum absolute atomic E-state index is 16.2. The fourth-order valence-electron chi connectivity index (χ4n) is 17.3. The van der Waals surface area contributed by atoms with E-state index in [1.807, 2.05) is 19.9 Å². The molecule has 6 aromatic rings. The van der Waals surface area contributed by atoms with Gasteiger partial charge in [-0.1, -0.05) is 102 Å². The number of carbonyl (C=O) groups is 17. The van der Waals surface area contributed by atoms with Gasteiger partial charge in [0.15, 0.2) is 5.96 Å². The summed E-state index contributed by atoms with van der Waals surface area (Å²) in [5, 5.41) is 60.0. The molecule has 0 aliphatic carbocycles. The van der Waals surface area contributed by atoms with Crippen LogP contribution in [0.3, 0.4) is 0 Å². The van der Waals surface area contributed by atoms with Crippen molar-refractivity contribution in [3.05, 3.63) is 120 Å². The van der Waals surface area contributed by atoms with Gasteiger partial charge in [-0.15, -0.1) is 11.8 Å². The van der Waals surface area contributed by atoms with Crippen molar-refractivity contribution in [2.24, 2.45) is 28.9 Å². The highest BCUT2D eigenvalue weighted by Gasteiger charge is 2.46. The second-order valence-corrected chi connectivity index (χ2v) is 36.6. The third-order valence-corrected chi connectivity index (χ3v) is 26.1. The molecule has 3 aliphatic rings. The number of likely N-dealkylation sites (N-methyl/N-ethyl adjacent to an activating group) is 3. The number of para-hydroxylation sites is 2. The lowest BCUT2D eigenvalue weighted by Gasteiger charge is -2.36. The smallest absolute Gasteiger partial charge is 0.246 e. The summed E-state index contributed by atoms with van der Waals surface area (Å²) in [4.78, 5) is 263. The first-order valence-corrected chi connectivity index (χ1v) is 48.0. The van der Waals surface area contributed by atoms with Crippen LogP contribution in [-0.4, -0.2) is 315 Å². The second kappa shape index (κ2) is 52.0. The number of guanidine groups is 1. The van der Waals surface area contributed by atoms with Crippen LogP contribution < -0.4 is 86.2 Å². The molecule has 4 aromatic carbocycles. The summed E-state index contributed by atoms with van der Waals surface area (Å²) >= 11 is 0.762. The minimum atomic E-state index is -1.90. The minimum absolute atomic E-state index is 0.000249. The highest BCUT2D eigenvalue weighted by molar-refractivity contribution is 8.00. The zero-order valence-electron chi connectivity index (χ0n) is 79.8. The number of ether oxygens (including phenoxy) is 1. The lowest BCUT2D eigenvalue weighted by atomic mass is 9.96. The number of fused-ring (bicyclic) bond motifs is 4. The van der Waals surface area contributed by atoms with E-state index in [0.29, 0.717) is 81.2 Å². The quantitative estimate of drug-likeness (QED) is 0.0163. The van der Waals surface area contributed by atoms with Crippen LogP contribution in [0.15, 0.2) is 103 Å². The Kier molecular flexibility index (Phi) is 40.7. The third-order valence-electron chi connectivity index (χ3n) is 25.1. The molecular formula is C95H133N23O20S. The summed E-state index contributed by atoms with van der Waals surface area (Å²) in [6, 6.07) is 5.33. The number of H-pyrrole nitrogens is 2. The number of nitrogens with one attached hydrogen (secondary N) is 14. The molecule has 14 atom stereocenters. The molecule has 139 heavy (non-hydrogen) atoms. The lowest BCUT2D eigenvalue weighted by Crippen LogP contribution is -2.62. The van der Waals surface area contributed by atoms with Gasteiger partial charge in [0.1, 0.15) is 96.1 Å². The molecule has 9 rings (SSSR count).